The van der Waals surface area contributed by atoms with E-state index in [1.807, 2.05) is 0 Å². The van der Waals surface area contributed by atoms with Crippen LogP contribution in [0.2, 0.25) is 0 Å². The molecule has 0 fully saturated rings. The second kappa shape index (κ2) is 5.01. The highest BCUT2D eigenvalue weighted by atomic mass is 15.1. The average molecular weight is 240 g/mol. The Balaban J connectivity index is 2.22. The van der Waals surface area contributed by atoms with Crippen molar-refractivity contribution < 1.29 is 0 Å². The lowest BCUT2D eigenvalue weighted by Gasteiger charge is -2.08. The molecule has 0 spiro atoms. The van der Waals surface area contributed by atoms with Crippen LogP contribution < -0.4 is 16.4 Å². The lowest BCUT2D eigenvalue weighted by molar-refractivity contribution is 1.17. The SMILES string of the molecule is CNc1cc(Nc2ccc(C#N)cc2)nc(N)n1. The zero-order chi connectivity index (χ0) is 13.0. The number of aromatic nitrogens is 2. The number of rotatable bonds is 3. The lowest BCUT2D eigenvalue weighted by Crippen LogP contribution is -2.03. The van der Waals surface area contributed by atoms with Crippen molar-refractivity contribution in [2.45, 2.75) is 0 Å². The van der Waals surface area contributed by atoms with Crippen molar-refractivity contribution in [2.75, 3.05) is 23.4 Å². The number of nitriles is 1. The van der Waals surface area contributed by atoms with Crippen LogP contribution in [0.3, 0.4) is 0 Å². The van der Waals surface area contributed by atoms with Gasteiger partial charge in [0.25, 0.3) is 0 Å². The summed E-state index contributed by atoms with van der Waals surface area (Å²) in [6.45, 7) is 0. The molecule has 0 saturated heterocycles. The molecule has 0 bridgehead atoms. The van der Waals surface area contributed by atoms with Gasteiger partial charge in [-0.25, -0.2) is 0 Å². The summed E-state index contributed by atoms with van der Waals surface area (Å²) >= 11 is 0. The molecule has 2 aromatic rings. The minimum absolute atomic E-state index is 0.193. The highest BCUT2D eigenvalue weighted by Gasteiger charge is 2.01. The van der Waals surface area contributed by atoms with Crippen LogP contribution in [0.15, 0.2) is 30.3 Å². The van der Waals surface area contributed by atoms with Crippen molar-refractivity contribution in [1.29, 1.82) is 5.26 Å². The molecule has 1 aromatic heterocycles. The van der Waals surface area contributed by atoms with E-state index < -0.39 is 0 Å². The second-order valence-corrected chi connectivity index (χ2v) is 3.56. The van der Waals surface area contributed by atoms with Crippen molar-refractivity contribution in [3.63, 3.8) is 0 Å². The van der Waals surface area contributed by atoms with Gasteiger partial charge in [-0.1, -0.05) is 0 Å². The first-order chi connectivity index (χ1) is 8.71. The predicted octanol–water partition coefficient (Wildman–Crippen LogP) is 1.72. The van der Waals surface area contributed by atoms with E-state index in [-0.39, 0.29) is 5.95 Å². The third-order valence-electron chi connectivity index (χ3n) is 2.29. The first-order valence-electron chi connectivity index (χ1n) is 5.31. The molecule has 0 atom stereocenters. The van der Waals surface area contributed by atoms with Gasteiger partial charge in [0.2, 0.25) is 5.95 Å². The maximum absolute atomic E-state index is 8.71. The van der Waals surface area contributed by atoms with Crippen LogP contribution in [0, 0.1) is 11.3 Å². The van der Waals surface area contributed by atoms with Gasteiger partial charge in [-0.15, -0.1) is 0 Å². The van der Waals surface area contributed by atoms with Gasteiger partial charge in [0.15, 0.2) is 0 Å². The quantitative estimate of drug-likeness (QED) is 0.755. The highest BCUT2D eigenvalue weighted by molar-refractivity contribution is 5.61. The molecule has 0 aliphatic carbocycles. The molecule has 1 aromatic carbocycles. The molecule has 0 aliphatic rings. The Labute approximate surface area is 104 Å². The Hall–Kier alpha value is -2.81. The summed E-state index contributed by atoms with van der Waals surface area (Å²) in [6, 6.07) is 10.9. The fourth-order valence-electron chi connectivity index (χ4n) is 1.43. The number of benzene rings is 1. The molecular formula is C12H12N6. The molecular weight excluding hydrogens is 228 g/mol. The van der Waals surface area contributed by atoms with Gasteiger partial charge in [0, 0.05) is 18.8 Å². The Bertz CT molecular complexity index is 585. The molecule has 1 heterocycles. The summed E-state index contributed by atoms with van der Waals surface area (Å²) in [6.07, 6.45) is 0. The number of anilines is 4. The Morgan fingerprint density at radius 3 is 2.44 bits per heavy atom. The third kappa shape index (κ3) is 2.65. The van der Waals surface area contributed by atoms with Gasteiger partial charge in [0.05, 0.1) is 11.6 Å². The first-order valence-corrected chi connectivity index (χ1v) is 5.31. The highest BCUT2D eigenvalue weighted by Crippen LogP contribution is 2.18. The van der Waals surface area contributed by atoms with Crippen molar-refractivity contribution in [3.05, 3.63) is 35.9 Å². The van der Waals surface area contributed by atoms with E-state index in [1.54, 1.807) is 37.4 Å². The Kier molecular flexibility index (Phi) is 3.25. The minimum Gasteiger partial charge on any atom is -0.373 e. The number of hydrogen-bond donors (Lipinski definition) is 3. The van der Waals surface area contributed by atoms with Crippen LogP contribution in [0.25, 0.3) is 0 Å². The van der Waals surface area contributed by atoms with E-state index in [4.69, 9.17) is 11.0 Å². The van der Waals surface area contributed by atoms with E-state index in [1.165, 1.54) is 0 Å². The Morgan fingerprint density at radius 2 is 1.83 bits per heavy atom. The van der Waals surface area contributed by atoms with Gasteiger partial charge in [-0.3, -0.25) is 0 Å². The van der Waals surface area contributed by atoms with E-state index in [0.29, 0.717) is 17.2 Å². The lowest BCUT2D eigenvalue weighted by atomic mass is 10.2. The summed E-state index contributed by atoms with van der Waals surface area (Å²) in [5.41, 5.74) is 7.03. The van der Waals surface area contributed by atoms with Crippen LogP contribution in [0.5, 0.6) is 0 Å². The van der Waals surface area contributed by atoms with Gasteiger partial charge in [-0.2, -0.15) is 15.2 Å². The van der Waals surface area contributed by atoms with Crippen LogP contribution in [-0.2, 0) is 0 Å². The molecule has 2 rings (SSSR count). The third-order valence-corrected chi connectivity index (χ3v) is 2.29. The molecule has 6 nitrogen and oxygen atoms in total. The van der Waals surface area contributed by atoms with Gasteiger partial charge >= 0.3 is 0 Å². The predicted molar refractivity (Wildman–Crippen MR) is 70.4 cm³/mol. The minimum atomic E-state index is 0.193. The Morgan fingerprint density at radius 1 is 1.17 bits per heavy atom. The van der Waals surface area contributed by atoms with E-state index in [9.17, 15) is 0 Å². The number of nitrogens with one attached hydrogen (secondary N) is 2. The monoisotopic (exact) mass is 240 g/mol. The molecule has 0 radical (unpaired) electrons. The van der Waals surface area contributed by atoms with E-state index in [2.05, 4.69) is 26.7 Å². The summed E-state index contributed by atoms with van der Waals surface area (Å²) < 4.78 is 0. The topological polar surface area (TPSA) is 99.6 Å². The zero-order valence-electron chi connectivity index (χ0n) is 9.81. The number of hydrogen-bond acceptors (Lipinski definition) is 6. The molecule has 0 aliphatic heterocycles. The second-order valence-electron chi connectivity index (χ2n) is 3.56. The number of nitrogens with two attached hydrogens (primary N) is 1. The molecule has 0 unspecified atom stereocenters. The summed E-state index contributed by atoms with van der Waals surface area (Å²) in [5, 5.41) is 14.7. The molecule has 6 heteroatoms. The maximum atomic E-state index is 8.71. The van der Waals surface area contributed by atoms with Gasteiger partial charge in [-0.05, 0) is 24.3 Å². The number of nitrogens with zero attached hydrogens (tertiary/aromatic N) is 3. The van der Waals surface area contributed by atoms with Crippen LogP contribution >= 0.6 is 0 Å². The van der Waals surface area contributed by atoms with Crippen molar-refractivity contribution >= 4 is 23.3 Å². The molecule has 0 saturated carbocycles. The van der Waals surface area contributed by atoms with Crippen molar-refractivity contribution in [3.8, 4) is 6.07 Å². The van der Waals surface area contributed by atoms with E-state index >= 15 is 0 Å². The summed E-state index contributed by atoms with van der Waals surface area (Å²) in [4.78, 5) is 8.06. The van der Waals surface area contributed by atoms with Crippen molar-refractivity contribution in [2.24, 2.45) is 0 Å². The normalized spacial score (nSPS) is 9.56. The van der Waals surface area contributed by atoms with Crippen LogP contribution in [0.1, 0.15) is 5.56 Å². The van der Waals surface area contributed by atoms with Crippen LogP contribution in [0.4, 0.5) is 23.3 Å². The summed E-state index contributed by atoms with van der Waals surface area (Å²) in [7, 11) is 1.76. The average Bonchev–Trinajstić information content (AvgIpc) is 2.39. The number of nitrogen functional groups attached to an aromatic ring is 1. The van der Waals surface area contributed by atoms with Crippen LogP contribution in [-0.4, -0.2) is 17.0 Å². The van der Waals surface area contributed by atoms with Crippen molar-refractivity contribution in [1.82, 2.24) is 9.97 Å². The molecule has 18 heavy (non-hydrogen) atoms. The molecule has 0 amide bonds. The largest absolute Gasteiger partial charge is 0.373 e. The fourth-order valence-corrected chi connectivity index (χ4v) is 1.43. The summed E-state index contributed by atoms with van der Waals surface area (Å²) in [5.74, 6) is 1.42. The van der Waals surface area contributed by atoms with E-state index in [0.717, 1.165) is 5.69 Å². The smallest absolute Gasteiger partial charge is 0.223 e. The maximum Gasteiger partial charge on any atom is 0.223 e. The van der Waals surface area contributed by atoms with Gasteiger partial charge in [0.1, 0.15) is 11.6 Å². The zero-order valence-corrected chi connectivity index (χ0v) is 9.81. The first kappa shape index (κ1) is 11.7. The molecule has 4 N–H and O–H groups in total. The van der Waals surface area contributed by atoms with Gasteiger partial charge < -0.3 is 16.4 Å². The molecule has 90 valence electrons. The standard InChI is InChI=1S/C12H12N6/c1-15-10-6-11(18-12(14)17-10)16-9-4-2-8(7-13)3-5-9/h2-6H,1H3,(H4,14,15,16,17,18). The fraction of sp³-hybridized carbons (Fsp3) is 0.0833.